The number of carboxylic acids is 1. The standard InChI is InChI=1S/C11H19NO5/c13-8-5-6-12(7-9(8)14)10(15)3-1-2-4-11(16)17/h8-9,13-14H,1-7H2,(H,16,17). The zero-order valence-corrected chi connectivity index (χ0v) is 9.71. The maximum atomic E-state index is 11.7. The summed E-state index contributed by atoms with van der Waals surface area (Å²) >= 11 is 0. The van der Waals surface area contributed by atoms with Crippen molar-refractivity contribution in [2.75, 3.05) is 13.1 Å². The van der Waals surface area contributed by atoms with Crippen LogP contribution in [0.4, 0.5) is 0 Å². The van der Waals surface area contributed by atoms with E-state index in [-0.39, 0.29) is 18.9 Å². The van der Waals surface area contributed by atoms with Crippen LogP contribution >= 0.6 is 0 Å². The van der Waals surface area contributed by atoms with Crippen molar-refractivity contribution in [3.63, 3.8) is 0 Å². The lowest BCUT2D eigenvalue weighted by molar-refractivity contribution is -0.139. The number of piperidine rings is 1. The number of rotatable bonds is 5. The third-order valence-corrected chi connectivity index (χ3v) is 2.93. The minimum Gasteiger partial charge on any atom is -0.481 e. The smallest absolute Gasteiger partial charge is 0.303 e. The van der Waals surface area contributed by atoms with Crippen molar-refractivity contribution in [1.82, 2.24) is 4.90 Å². The van der Waals surface area contributed by atoms with Gasteiger partial charge in [-0.05, 0) is 19.3 Å². The number of unbranched alkanes of at least 4 members (excludes halogenated alkanes) is 1. The third-order valence-electron chi connectivity index (χ3n) is 2.93. The van der Waals surface area contributed by atoms with Crippen LogP contribution in [0.3, 0.4) is 0 Å². The van der Waals surface area contributed by atoms with Crippen LogP contribution in [-0.4, -0.2) is 57.4 Å². The maximum absolute atomic E-state index is 11.7. The Morgan fingerprint density at radius 1 is 1.12 bits per heavy atom. The summed E-state index contributed by atoms with van der Waals surface area (Å²) in [4.78, 5) is 23.5. The highest BCUT2D eigenvalue weighted by molar-refractivity contribution is 5.76. The fraction of sp³-hybridized carbons (Fsp3) is 0.818. The second-order valence-corrected chi connectivity index (χ2v) is 4.36. The highest BCUT2D eigenvalue weighted by Gasteiger charge is 2.28. The Kier molecular flexibility index (Phi) is 5.37. The number of hydrogen-bond donors (Lipinski definition) is 3. The van der Waals surface area contributed by atoms with Crippen molar-refractivity contribution in [2.45, 2.75) is 44.3 Å². The number of aliphatic hydroxyl groups excluding tert-OH is 2. The van der Waals surface area contributed by atoms with Gasteiger partial charge in [-0.2, -0.15) is 0 Å². The van der Waals surface area contributed by atoms with E-state index in [1.54, 1.807) is 0 Å². The van der Waals surface area contributed by atoms with Crippen molar-refractivity contribution in [3.05, 3.63) is 0 Å². The van der Waals surface area contributed by atoms with Gasteiger partial charge in [0.05, 0.1) is 12.2 Å². The van der Waals surface area contributed by atoms with Gasteiger partial charge in [-0.1, -0.05) is 0 Å². The van der Waals surface area contributed by atoms with Crippen molar-refractivity contribution in [2.24, 2.45) is 0 Å². The number of aliphatic hydroxyl groups is 2. The average Bonchev–Trinajstić information content (AvgIpc) is 2.27. The SMILES string of the molecule is O=C(O)CCCCC(=O)N1CCC(O)C(O)C1. The molecule has 0 aromatic rings. The van der Waals surface area contributed by atoms with E-state index in [1.165, 1.54) is 4.90 Å². The zero-order valence-electron chi connectivity index (χ0n) is 9.71. The molecule has 1 heterocycles. The van der Waals surface area contributed by atoms with Gasteiger partial charge in [0, 0.05) is 25.9 Å². The molecule has 1 saturated heterocycles. The molecule has 17 heavy (non-hydrogen) atoms. The molecule has 2 atom stereocenters. The second-order valence-electron chi connectivity index (χ2n) is 4.36. The summed E-state index contributed by atoms with van der Waals surface area (Å²) in [6.45, 7) is 0.620. The van der Waals surface area contributed by atoms with Gasteiger partial charge in [0.2, 0.25) is 5.91 Å². The molecule has 0 radical (unpaired) electrons. The van der Waals surface area contributed by atoms with Gasteiger partial charge >= 0.3 is 5.97 Å². The zero-order chi connectivity index (χ0) is 12.8. The maximum Gasteiger partial charge on any atom is 0.303 e. The summed E-state index contributed by atoms with van der Waals surface area (Å²) in [5, 5.41) is 27.2. The molecule has 0 aromatic carbocycles. The number of carbonyl (C=O) groups excluding carboxylic acids is 1. The highest BCUT2D eigenvalue weighted by Crippen LogP contribution is 2.13. The van der Waals surface area contributed by atoms with Gasteiger partial charge in [0.25, 0.3) is 0 Å². The first-order valence-electron chi connectivity index (χ1n) is 5.86. The van der Waals surface area contributed by atoms with Crippen molar-refractivity contribution < 1.29 is 24.9 Å². The van der Waals surface area contributed by atoms with Crippen molar-refractivity contribution in [3.8, 4) is 0 Å². The summed E-state index contributed by atoms with van der Waals surface area (Å²) in [5.74, 6) is -0.935. The first-order chi connectivity index (χ1) is 8.00. The Morgan fingerprint density at radius 3 is 2.35 bits per heavy atom. The summed E-state index contributed by atoms with van der Waals surface area (Å²) in [7, 11) is 0. The molecule has 1 aliphatic rings. The molecule has 6 nitrogen and oxygen atoms in total. The van der Waals surface area contributed by atoms with E-state index in [2.05, 4.69) is 0 Å². The number of carbonyl (C=O) groups is 2. The highest BCUT2D eigenvalue weighted by atomic mass is 16.4. The predicted molar refractivity (Wildman–Crippen MR) is 59.3 cm³/mol. The summed E-state index contributed by atoms with van der Waals surface area (Å²) in [5.41, 5.74) is 0. The number of amides is 1. The Bertz CT molecular complexity index is 281. The second kappa shape index (κ2) is 6.56. The lowest BCUT2D eigenvalue weighted by Gasteiger charge is -2.33. The molecule has 1 rings (SSSR count). The van der Waals surface area contributed by atoms with Crippen molar-refractivity contribution in [1.29, 1.82) is 0 Å². The van der Waals surface area contributed by atoms with Crippen LogP contribution in [0.5, 0.6) is 0 Å². The minimum atomic E-state index is -0.869. The molecule has 1 fully saturated rings. The molecule has 6 heteroatoms. The van der Waals surface area contributed by atoms with E-state index < -0.39 is 18.2 Å². The Hall–Kier alpha value is -1.14. The van der Waals surface area contributed by atoms with Crippen LogP contribution in [0.25, 0.3) is 0 Å². The molecule has 98 valence electrons. The lowest BCUT2D eigenvalue weighted by Crippen LogP contribution is -2.48. The number of β-amino-alcohol motifs (C(OH)–C–C–N with tert-alkyl or cyclic N) is 1. The van der Waals surface area contributed by atoms with Crippen LogP contribution in [0.1, 0.15) is 32.1 Å². The normalized spacial score (nSPS) is 24.7. The largest absolute Gasteiger partial charge is 0.481 e. The topological polar surface area (TPSA) is 98.1 Å². The van der Waals surface area contributed by atoms with E-state index >= 15 is 0 Å². The van der Waals surface area contributed by atoms with E-state index in [0.29, 0.717) is 32.2 Å². The number of aliphatic carboxylic acids is 1. The fourth-order valence-corrected chi connectivity index (χ4v) is 1.86. The molecular weight excluding hydrogens is 226 g/mol. The number of carboxylic acid groups (broad SMARTS) is 1. The van der Waals surface area contributed by atoms with Gasteiger partial charge in [0.1, 0.15) is 0 Å². The molecule has 0 aliphatic carbocycles. The van der Waals surface area contributed by atoms with Crippen LogP contribution in [0.2, 0.25) is 0 Å². The van der Waals surface area contributed by atoms with E-state index in [1.807, 2.05) is 0 Å². The van der Waals surface area contributed by atoms with Gasteiger partial charge in [0.15, 0.2) is 0 Å². The molecular formula is C11H19NO5. The van der Waals surface area contributed by atoms with Crippen LogP contribution in [-0.2, 0) is 9.59 Å². The van der Waals surface area contributed by atoms with Crippen LogP contribution in [0.15, 0.2) is 0 Å². The Balaban J connectivity index is 2.21. The first-order valence-corrected chi connectivity index (χ1v) is 5.86. The van der Waals surface area contributed by atoms with E-state index in [4.69, 9.17) is 5.11 Å². The van der Waals surface area contributed by atoms with E-state index in [9.17, 15) is 19.8 Å². The molecule has 1 aliphatic heterocycles. The number of nitrogens with zero attached hydrogens (tertiary/aromatic N) is 1. The van der Waals surface area contributed by atoms with Gasteiger partial charge in [-0.3, -0.25) is 9.59 Å². The molecule has 2 unspecified atom stereocenters. The number of likely N-dealkylation sites (tertiary alicyclic amines) is 1. The monoisotopic (exact) mass is 245 g/mol. The fourth-order valence-electron chi connectivity index (χ4n) is 1.86. The molecule has 0 aromatic heterocycles. The summed E-state index contributed by atoms with van der Waals surface area (Å²) in [6.07, 6.45) is 0.186. The van der Waals surface area contributed by atoms with Crippen molar-refractivity contribution >= 4 is 11.9 Å². The third kappa shape index (κ3) is 4.70. The molecule has 0 saturated carbocycles. The Morgan fingerprint density at radius 2 is 1.76 bits per heavy atom. The summed E-state index contributed by atoms with van der Waals surface area (Å²) < 4.78 is 0. The Labute approximate surface area is 99.8 Å². The predicted octanol–water partition coefficient (Wildman–Crippen LogP) is -0.415. The molecule has 0 spiro atoms. The first kappa shape index (κ1) is 13.9. The molecule has 3 N–H and O–H groups in total. The molecule has 0 bridgehead atoms. The van der Waals surface area contributed by atoms with Crippen LogP contribution < -0.4 is 0 Å². The van der Waals surface area contributed by atoms with Gasteiger partial charge < -0.3 is 20.2 Å². The minimum absolute atomic E-state index is 0.0780. The van der Waals surface area contributed by atoms with Gasteiger partial charge in [-0.15, -0.1) is 0 Å². The van der Waals surface area contributed by atoms with Gasteiger partial charge in [-0.25, -0.2) is 0 Å². The molecule has 1 amide bonds. The summed E-state index contributed by atoms with van der Waals surface area (Å²) in [6, 6.07) is 0. The lowest BCUT2D eigenvalue weighted by atomic mass is 10.0. The average molecular weight is 245 g/mol. The number of hydrogen-bond acceptors (Lipinski definition) is 4. The van der Waals surface area contributed by atoms with E-state index in [0.717, 1.165) is 0 Å². The quantitative estimate of drug-likeness (QED) is 0.572. The van der Waals surface area contributed by atoms with Crippen LogP contribution in [0, 0.1) is 0 Å².